The van der Waals surface area contributed by atoms with E-state index in [1.807, 2.05) is 0 Å². The molecule has 0 radical (unpaired) electrons. The van der Waals surface area contributed by atoms with Crippen LogP contribution in [0, 0.1) is 17.7 Å². The first-order chi connectivity index (χ1) is 11.9. The number of rotatable bonds is 1. The number of carbonyl (C=O) groups excluding carboxylic acids is 1. The van der Waals surface area contributed by atoms with Gasteiger partial charge in [0.1, 0.15) is 17.2 Å². The molecule has 25 heavy (non-hydrogen) atoms. The van der Waals surface area contributed by atoms with E-state index in [0.29, 0.717) is 19.6 Å². The zero-order chi connectivity index (χ0) is 17.8. The van der Waals surface area contributed by atoms with Crippen molar-refractivity contribution in [3.05, 3.63) is 28.3 Å². The van der Waals surface area contributed by atoms with E-state index in [-0.39, 0.29) is 22.8 Å². The SMILES string of the molecule is O=C1NCC2(CCCN(c3nc(F)nc4c(F)c(Br)c(F)cc34)C2)N1. The van der Waals surface area contributed by atoms with Crippen molar-refractivity contribution in [3.63, 3.8) is 0 Å². The van der Waals surface area contributed by atoms with E-state index >= 15 is 0 Å². The second-order valence-corrected chi connectivity index (χ2v) is 7.10. The van der Waals surface area contributed by atoms with Gasteiger partial charge in [-0.25, -0.2) is 13.6 Å². The van der Waals surface area contributed by atoms with E-state index < -0.39 is 27.7 Å². The van der Waals surface area contributed by atoms with Crippen LogP contribution in [0.5, 0.6) is 0 Å². The summed E-state index contributed by atoms with van der Waals surface area (Å²) in [7, 11) is 0. The molecular weight excluding hydrogens is 403 g/mol. The molecule has 2 aliphatic rings. The molecule has 1 atom stereocenters. The van der Waals surface area contributed by atoms with Gasteiger partial charge in [0.05, 0.1) is 10.0 Å². The zero-order valence-electron chi connectivity index (χ0n) is 12.9. The molecule has 2 aromatic rings. The van der Waals surface area contributed by atoms with Gasteiger partial charge in [0.25, 0.3) is 0 Å². The molecule has 0 aliphatic carbocycles. The summed E-state index contributed by atoms with van der Waals surface area (Å²) < 4.78 is 41.8. The highest BCUT2D eigenvalue weighted by atomic mass is 79.9. The summed E-state index contributed by atoms with van der Waals surface area (Å²) in [5.74, 6) is -1.67. The zero-order valence-corrected chi connectivity index (χ0v) is 14.5. The summed E-state index contributed by atoms with van der Waals surface area (Å²) >= 11 is 2.80. The van der Waals surface area contributed by atoms with Gasteiger partial charge in [-0.2, -0.15) is 14.4 Å². The van der Waals surface area contributed by atoms with Crippen LogP contribution in [0.4, 0.5) is 23.8 Å². The normalized spacial score (nSPS) is 23.2. The quantitative estimate of drug-likeness (QED) is 0.554. The number of halogens is 4. The molecule has 0 bridgehead atoms. The number of nitrogens with zero attached hydrogens (tertiary/aromatic N) is 3. The maximum absolute atomic E-state index is 14.3. The van der Waals surface area contributed by atoms with Gasteiger partial charge in [0, 0.05) is 25.0 Å². The molecule has 4 rings (SSSR count). The Bertz CT molecular complexity index is 895. The van der Waals surface area contributed by atoms with Crippen molar-refractivity contribution >= 4 is 38.7 Å². The van der Waals surface area contributed by atoms with Crippen LogP contribution in [-0.2, 0) is 0 Å². The number of amides is 2. The van der Waals surface area contributed by atoms with Crippen molar-refractivity contribution < 1.29 is 18.0 Å². The summed E-state index contributed by atoms with van der Waals surface area (Å²) in [6, 6.07) is 0.825. The number of anilines is 1. The highest BCUT2D eigenvalue weighted by molar-refractivity contribution is 9.10. The number of aromatic nitrogens is 2. The van der Waals surface area contributed by atoms with Crippen LogP contribution in [0.25, 0.3) is 10.9 Å². The maximum Gasteiger partial charge on any atom is 0.315 e. The standard InChI is InChI=1S/C15H13BrF3N5O/c16-9-8(17)4-7-11(10(9)18)21-13(19)22-12(7)24-3-1-2-15(6-24)5-20-14(25)23-15/h4H,1-3,5-6H2,(H2,20,23,25). The molecule has 2 N–H and O–H groups in total. The molecule has 2 amide bonds. The van der Waals surface area contributed by atoms with Crippen molar-refractivity contribution in [1.29, 1.82) is 0 Å². The Morgan fingerprint density at radius 1 is 1.28 bits per heavy atom. The summed E-state index contributed by atoms with van der Waals surface area (Å²) in [6.45, 7) is 1.32. The Balaban J connectivity index is 1.82. The van der Waals surface area contributed by atoms with E-state index in [1.54, 1.807) is 4.90 Å². The second kappa shape index (κ2) is 5.72. The van der Waals surface area contributed by atoms with Gasteiger partial charge in [0.15, 0.2) is 5.82 Å². The van der Waals surface area contributed by atoms with E-state index in [2.05, 4.69) is 36.5 Å². The van der Waals surface area contributed by atoms with Gasteiger partial charge in [-0.1, -0.05) is 0 Å². The molecule has 10 heteroatoms. The van der Waals surface area contributed by atoms with Crippen LogP contribution in [-0.4, -0.2) is 41.2 Å². The van der Waals surface area contributed by atoms with Gasteiger partial charge in [-0.3, -0.25) is 0 Å². The van der Waals surface area contributed by atoms with Gasteiger partial charge in [-0.15, -0.1) is 0 Å². The molecular formula is C15H13BrF3N5O. The fourth-order valence-electron chi connectivity index (χ4n) is 3.51. The molecule has 132 valence electrons. The number of nitrogens with one attached hydrogen (secondary N) is 2. The van der Waals surface area contributed by atoms with Gasteiger partial charge in [0.2, 0.25) is 0 Å². The minimum absolute atomic E-state index is 0.0916. The van der Waals surface area contributed by atoms with Crippen LogP contribution in [0.2, 0.25) is 0 Å². The average Bonchev–Trinajstić information content (AvgIpc) is 2.93. The summed E-state index contributed by atoms with van der Waals surface area (Å²) in [5.41, 5.74) is -0.792. The Hall–Kier alpha value is -2.10. The number of urea groups is 1. The summed E-state index contributed by atoms with van der Waals surface area (Å²) in [5, 5.41) is 5.69. The van der Waals surface area contributed by atoms with Crippen LogP contribution in [0.1, 0.15) is 12.8 Å². The van der Waals surface area contributed by atoms with Crippen molar-refractivity contribution in [2.45, 2.75) is 18.4 Å². The third-order valence-corrected chi connectivity index (χ3v) is 5.35. The number of benzene rings is 1. The molecule has 1 aromatic heterocycles. The Kier molecular flexibility index (Phi) is 3.75. The largest absolute Gasteiger partial charge is 0.353 e. The Morgan fingerprint density at radius 2 is 2.08 bits per heavy atom. The topological polar surface area (TPSA) is 70.2 Å². The molecule has 6 nitrogen and oxygen atoms in total. The third-order valence-electron chi connectivity index (χ3n) is 4.62. The lowest BCUT2D eigenvalue weighted by atomic mass is 9.90. The van der Waals surface area contributed by atoms with Gasteiger partial charge < -0.3 is 15.5 Å². The number of piperidine rings is 1. The minimum Gasteiger partial charge on any atom is -0.353 e. The number of hydrogen-bond donors (Lipinski definition) is 2. The predicted octanol–water partition coefficient (Wildman–Crippen LogP) is 2.46. The molecule has 2 fully saturated rings. The predicted molar refractivity (Wildman–Crippen MR) is 87.8 cm³/mol. The first kappa shape index (κ1) is 16.4. The van der Waals surface area contributed by atoms with Crippen molar-refractivity contribution in [3.8, 4) is 0 Å². The highest BCUT2D eigenvalue weighted by Gasteiger charge is 2.42. The molecule has 3 heterocycles. The molecule has 0 saturated carbocycles. The van der Waals surface area contributed by atoms with Crippen LogP contribution in [0.15, 0.2) is 10.5 Å². The fourth-order valence-corrected chi connectivity index (χ4v) is 3.81. The van der Waals surface area contributed by atoms with Crippen molar-refractivity contribution in [2.75, 3.05) is 24.5 Å². The smallest absolute Gasteiger partial charge is 0.315 e. The van der Waals surface area contributed by atoms with Crippen LogP contribution in [0.3, 0.4) is 0 Å². The lowest BCUT2D eigenvalue weighted by Crippen LogP contribution is -2.56. The molecule has 2 saturated heterocycles. The molecule has 1 unspecified atom stereocenters. The fraction of sp³-hybridized carbons (Fsp3) is 0.400. The van der Waals surface area contributed by atoms with Crippen LogP contribution >= 0.6 is 15.9 Å². The number of fused-ring (bicyclic) bond motifs is 1. The highest BCUT2D eigenvalue weighted by Crippen LogP contribution is 2.34. The first-order valence-corrected chi connectivity index (χ1v) is 8.50. The second-order valence-electron chi connectivity index (χ2n) is 6.31. The van der Waals surface area contributed by atoms with E-state index in [9.17, 15) is 18.0 Å². The number of hydrogen-bond acceptors (Lipinski definition) is 4. The molecule has 2 aliphatic heterocycles. The summed E-state index contributed by atoms with van der Waals surface area (Å²) in [6.07, 6.45) is 0.381. The molecule has 1 spiro atoms. The van der Waals surface area contributed by atoms with E-state index in [1.165, 1.54) is 0 Å². The lowest BCUT2D eigenvalue weighted by Gasteiger charge is -2.40. The van der Waals surface area contributed by atoms with Gasteiger partial charge in [-0.05, 0) is 34.8 Å². The maximum atomic E-state index is 14.3. The van der Waals surface area contributed by atoms with Crippen LogP contribution < -0.4 is 15.5 Å². The van der Waals surface area contributed by atoms with E-state index in [0.717, 1.165) is 18.9 Å². The Labute approximate surface area is 148 Å². The monoisotopic (exact) mass is 415 g/mol. The van der Waals surface area contributed by atoms with Gasteiger partial charge >= 0.3 is 12.1 Å². The third kappa shape index (κ3) is 2.68. The number of carbonyl (C=O) groups is 1. The summed E-state index contributed by atoms with van der Waals surface area (Å²) in [4.78, 5) is 20.5. The molecule has 1 aromatic carbocycles. The van der Waals surface area contributed by atoms with E-state index in [4.69, 9.17) is 0 Å². The van der Waals surface area contributed by atoms with Crippen molar-refractivity contribution in [2.24, 2.45) is 0 Å². The Morgan fingerprint density at radius 3 is 2.80 bits per heavy atom. The lowest BCUT2D eigenvalue weighted by molar-refractivity contribution is 0.241. The first-order valence-electron chi connectivity index (χ1n) is 7.70. The van der Waals surface area contributed by atoms with Crippen molar-refractivity contribution in [1.82, 2.24) is 20.6 Å². The minimum atomic E-state index is -1.09. The average molecular weight is 416 g/mol.